The van der Waals surface area contributed by atoms with Gasteiger partial charge in [0, 0.05) is 13.6 Å². The highest BCUT2D eigenvalue weighted by Gasteiger charge is 2.45. The Labute approximate surface area is 250 Å². The smallest absolute Gasteiger partial charge is 0.273 e. The van der Waals surface area contributed by atoms with E-state index >= 15 is 0 Å². The van der Waals surface area contributed by atoms with Gasteiger partial charge in [0.25, 0.3) is 5.91 Å². The molecule has 5 unspecified atom stereocenters. The summed E-state index contributed by atoms with van der Waals surface area (Å²) in [5.41, 5.74) is 8.06. The van der Waals surface area contributed by atoms with Crippen LogP contribution in [-0.2, 0) is 20.8 Å². The molecule has 1 fully saturated rings. The summed E-state index contributed by atoms with van der Waals surface area (Å²) in [5.74, 6) is -1.49. The number of nitrogens with one attached hydrogen (secondary N) is 2. The fourth-order valence-corrected chi connectivity index (χ4v) is 5.52. The van der Waals surface area contributed by atoms with Crippen LogP contribution < -0.4 is 16.4 Å². The highest BCUT2D eigenvalue weighted by atomic mass is 16.3. The Morgan fingerprint density at radius 3 is 2.33 bits per heavy atom. The molecule has 2 aromatic carbocycles. The van der Waals surface area contributed by atoms with Crippen molar-refractivity contribution in [2.24, 2.45) is 11.1 Å². The topological polar surface area (TPSA) is 173 Å². The molecule has 3 amide bonds. The van der Waals surface area contributed by atoms with E-state index < -0.39 is 53.4 Å². The summed E-state index contributed by atoms with van der Waals surface area (Å²) in [7, 11) is 1.47. The zero-order valence-electron chi connectivity index (χ0n) is 24.8. The molecular formula is C31H39N7O5. The molecule has 12 heteroatoms. The van der Waals surface area contributed by atoms with Gasteiger partial charge in [0.05, 0.1) is 30.4 Å². The summed E-state index contributed by atoms with van der Waals surface area (Å²) in [5, 5.41) is 24.1. The van der Waals surface area contributed by atoms with Crippen LogP contribution in [0.4, 0.5) is 0 Å². The molecule has 0 spiro atoms. The second-order valence-electron chi connectivity index (χ2n) is 11.9. The maximum Gasteiger partial charge on any atom is 0.273 e. The molecule has 4 rings (SSSR count). The van der Waals surface area contributed by atoms with Crippen LogP contribution in [0.5, 0.6) is 0 Å². The summed E-state index contributed by atoms with van der Waals surface area (Å²) in [6, 6.07) is 14.1. The van der Waals surface area contributed by atoms with E-state index in [2.05, 4.69) is 20.9 Å². The van der Waals surface area contributed by atoms with Crippen molar-refractivity contribution in [2.75, 3.05) is 13.6 Å². The van der Waals surface area contributed by atoms with Crippen molar-refractivity contribution in [3.63, 3.8) is 0 Å². The lowest BCUT2D eigenvalue weighted by Gasteiger charge is -2.37. The van der Waals surface area contributed by atoms with Crippen molar-refractivity contribution >= 4 is 24.0 Å². The van der Waals surface area contributed by atoms with Crippen molar-refractivity contribution in [3.8, 4) is 11.1 Å². The SMILES string of the molecule is CNC(=O)c1cn(C(C(=O)N2CC(O)CC2C(C=O)NC(Cc2ccc(-c3ccccc3)cc2)C(N)=O)C(C)(C)C)nn1. The average Bonchev–Trinajstić information content (AvgIpc) is 3.62. The predicted molar refractivity (Wildman–Crippen MR) is 160 cm³/mol. The normalized spacial score (nSPS) is 19.0. The maximum atomic E-state index is 14.1. The highest BCUT2D eigenvalue weighted by Crippen LogP contribution is 2.35. The van der Waals surface area contributed by atoms with Crippen LogP contribution in [0.1, 0.15) is 49.3 Å². The number of amides is 3. The highest BCUT2D eigenvalue weighted by molar-refractivity contribution is 5.91. The quantitative estimate of drug-likeness (QED) is 0.241. The monoisotopic (exact) mass is 589 g/mol. The van der Waals surface area contributed by atoms with Gasteiger partial charge in [-0.3, -0.25) is 19.7 Å². The van der Waals surface area contributed by atoms with Gasteiger partial charge in [-0.25, -0.2) is 4.68 Å². The molecule has 0 bridgehead atoms. The summed E-state index contributed by atoms with van der Waals surface area (Å²) in [6.45, 7) is 5.53. The van der Waals surface area contributed by atoms with E-state index in [1.54, 1.807) is 0 Å². The third-order valence-corrected chi connectivity index (χ3v) is 7.69. The molecule has 5 atom stereocenters. The molecule has 5 N–H and O–H groups in total. The number of nitrogens with zero attached hydrogens (tertiary/aromatic N) is 4. The molecule has 0 saturated carbocycles. The Morgan fingerprint density at radius 2 is 1.74 bits per heavy atom. The molecule has 228 valence electrons. The van der Waals surface area contributed by atoms with Crippen LogP contribution >= 0.6 is 0 Å². The molecule has 0 radical (unpaired) electrons. The van der Waals surface area contributed by atoms with E-state index in [0.717, 1.165) is 16.7 Å². The number of hydrogen-bond acceptors (Lipinski definition) is 8. The second-order valence-corrected chi connectivity index (χ2v) is 11.9. The Hall–Kier alpha value is -4.42. The van der Waals surface area contributed by atoms with Crippen molar-refractivity contribution in [3.05, 3.63) is 72.1 Å². The fourth-order valence-electron chi connectivity index (χ4n) is 5.52. The molecule has 1 aromatic heterocycles. The number of primary amides is 1. The first kappa shape index (κ1) is 31.5. The third-order valence-electron chi connectivity index (χ3n) is 7.69. The molecule has 1 saturated heterocycles. The van der Waals surface area contributed by atoms with Gasteiger partial charge in [0.15, 0.2) is 5.69 Å². The lowest BCUT2D eigenvalue weighted by atomic mass is 9.85. The van der Waals surface area contributed by atoms with Gasteiger partial charge in [-0.2, -0.15) is 0 Å². The number of benzene rings is 2. The number of carbonyl (C=O) groups is 4. The molecular weight excluding hydrogens is 550 g/mol. The van der Waals surface area contributed by atoms with E-state index in [-0.39, 0.29) is 25.1 Å². The largest absolute Gasteiger partial charge is 0.391 e. The van der Waals surface area contributed by atoms with Crippen molar-refractivity contribution < 1.29 is 24.3 Å². The van der Waals surface area contributed by atoms with E-state index in [0.29, 0.717) is 6.29 Å². The Kier molecular flexibility index (Phi) is 9.72. The Balaban J connectivity index is 1.54. The van der Waals surface area contributed by atoms with Crippen LogP contribution in [0.2, 0.25) is 0 Å². The Morgan fingerprint density at radius 1 is 1.09 bits per heavy atom. The van der Waals surface area contributed by atoms with Crippen LogP contribution in [0, 0.1) is 5.41 Å². The molecule has 0 aliphatic carbocycles. The van der Waals surface area contributed by atoms with E-state index in [4.69, 9.17) is 5.73 Å². The maximum absolute atomic E-state index is 14.1. The molecule has 1 aliphatic heterocycles. The summed E-state index contributed by atoms with van der Waals surface area (Å²) >= 11 is 0. The van der Waals surface area contributed by atoms with Crippen LogP contribution in [0.25, 0.3) is 11.1 Å². The average molecular weight is 590 g/mol. The number of rotatable bonds is 11. The van der Waals surface area contributed by atoms with Crippen LogP contribution in [-0.4, -0.2) is 86.8 Å². The van der Waals surface area contributed by atoms with Gasteiger partial charge < -0.3 is 25.9 Å². The van der Waals surface area contributed by atoms with Gasteiger partial charge in [-0.05, 0) is 34.9 Å². The van der Waals surface area contributed by atoms with E-state index in [1.807, 2.05) is 75.4 Å². The third kappa shape index (κ3) is 7.33. The number of aromatic nitrogens is 3. The molecule has 12 nitrogen and oxygen atoms in total. The van der Waals surface area contributed by atoms with Crippen LogP contribution in [0.3, 0.4) is 0 Å². The lowest BCUT2D eigenvalue weighted by molar-refractivity contribution is -0.140. The predicted octanol–water partition coefficient (Wildman–Crippen LogP) is 1.11. The van der Waals surface area contributed by atoms with Crippen molar-refractivity contribution in [2.45, 2.75) is 63.9 Å². The number of aliphatic hydroxyl groups is 1. The minimum absolute atomic E-state index is 0.0126. The van der Waals surface area contributed by atoms with Crippen LogP contribution in [0.15, 0.2) is 60.8 Å². The van der Waals surface area contributed by atoms with Gasteiger partial charge in [0.1, 0.15) is 12.3 Å². The number of hydrogen-bond donors (Lipinski definition) is 4. The summed E-state index contributed by atoms with van der Waals surface area (Å²) in [6.07, 6.45) is 1.51. The summed E-state index contributed by atoms with van der Waals surface area (Å²) in [4.78, 5) is 52.5. The number of aliphatic hydroxyl groups excluding tert-OH is 1. The zero-order valence-corrected chi connectivity index (χ0v) is 24.8. The number of β-amino-alcohol motifs (C(OH)–C–C–N with tert-alkyl or cyclic N) is 1. The minimum Gasteiger partial charge on any atom is -0.391 e. The van der Waals surface area contributed by atoms with Gasteiger partial charge >= 0.3 is 0 Å². The second kappa shape index (κ2) is 13.3. The molecule has 3 aromatic rings. The lowest BCUT2D eigenvalue weighted by Crippen LogP contribution is -2.57. The fraction of sp³-hybridized carbons (Fsp3) is 0.419. The number of nitrogens with two attached hydrogens (primary N) is 1. The number of aldehydes is 1. The number of likely N-dealkylation sites (tertiary alicyclic amines) is 1. The first-order chi connectivity index (χ1) is 20.4. The molecule has 1 aliphatic rings. The van der Waals surface area contributed by atoms with E-state index in [9.17, 15) is 24.3 Å². The van der Waals surface area contributed by atoms with E-state index in [1.165, 1.54) is 22.8 Å². The number of carbonyl (C=O) groups excluding carboxylic acids is 4. The minimum atomic E-state index is -0.986. The first-order valence-corrected chi connectivity index (χ1v) is 14.2. The Bertz CT molecular complexity index is 1430. The van der Waals surface area contributed by atoms with Crippen molar-refractivity contribution in [1.82, 2.24) is 30.5 Å². The molecule has 2 heterocycles. The van der Waals surface area contributed by atoms with Gasteiger partial charge in [-0.15, -0.1) is 5.10 Å². The standard InChI is InChI=1S/C31H39N7O5/c1-31(2,3)27(38-17-24(35-36-38)29(42)33-4)30(43)37-16-22(40)15-26(37)25(18-39)34-23(28(32)41)14-19-10-12-21(13-11-19)20-8-6-5-7-9-20/h5-13,17-18,22-23,25-27,34,40H,14-16H2,1-4H3,(H2,32,41)(H,33,42). The zero-order chi connectivity index (χ0) is 31.3. The summed E-state index contributed by atoms with van der Waals surface area (Å²) < 4.78 is 1.34. The molecule has 43 heavy (non-hydrogen) atoms. The van der Waals surface area contributed by atoms with Crippen molar-refractivity contribution in [1.29, 1.82) is 0 Å². The van der Waals surface area contributed by atoms with Gasteiger partial charge in [0.2, 0.25) is 11.8 Å². The van der Waals surface area contributed by atoms with Gasteiger partial charge in [-0.1, -0.05) is 80.6 Å². The first-order valence-electron chi connectivity index (χ1n) is 14.2.